The normalized spacial score (nSPS) is 19.0. The van der Waals surface area contributed by atoms with Gasteiger partial charge < -0.3 is 10.4 Å². The fraction of sp³-hybridized carbons (Fsp3) is 0.588. The minimum absolute atomic E-state index is 0.0122. The molecule has 2 N–H and O–H groups in total. The molecule has 1 atom stereocenters. The van der Waals surface area contributed by atoms with Crippen LogP contribution in [0.1, 0.15) is 41.6 Å². The SMILES string of the molecule is O=C(NCCCN1CCCC[C@@H]1CO)c1cc(C(F)(F)F)ccc1Cl. The Labute approximate surface area is 150 Å². The number of likely N-dealkylation sites (tertiary alicyclic amines) is 1. The van der Waals surface area contributed by atoms with E-state index < -0.39 is 17.6 Å². The van der Waals surface area contributed by atoms with Gasteiger partial charge in [-0.3, -0.25) is 9.69 Å². The van der Waals surface area contributed by atoms with Crippen molar-refractivity contribution in [3.05, 3.63) is 34.3 Å². The van der Waals surface area contributed by atoms with Gasteiger partial charge in [-0.25, -0.2) is 0 Å². The van der Waals surface area contributed by atoms with Crippen LogP contribution in [0.5, 0.6) is 0 Å². The van der Waals surface area contributed by atoms with E-state index in [0.29, 0.717) is 13.0 Å². The number of nitrogens with zero attached hydrogens (tertiary/aromatic N) is 1. The summed E-state index contributed by atoms with van der Waals surface area (Å²) in [5.74, 6) is -0.617. The Kier molecular flexibility index (Phi) is 7.10. The lowest BCUT2D eigenvalue weighted by atomic mass is 10.0. The first-order valence-electron chi connectivity index (χ1n) is 8.33. The van der Waals surface area contributed by atoms with E-state index in [9.17, 15) is 23.1 Å². The lowest BCUT2D eigenvalue weighted by Gasteiger charge is -2.34. The maximum absolute atomic E-state index is 12.7. The molecule has 2 rings (SSSR count). The molecule has 1 amide bonds. The number of amides is 1. The fourth-order valence-electron chi connectivity index (χ4n) is 3.02. The number of nitrogens with one attached hydrogen (secondary N) is 1. The summed E-state index contributed by atoms with van der Waals surface area (Å²) in [7, 11) is 0. The van der Waals surface area contributed by atoms with Crippen LogP contribution in [0.2, 0.25) is 5.02 Å². The van der Waals surface area contributed by atoms with Crippen LogP contribution < -0.4 is 5.32 Å². The highest BCUT2D eigenvalue weighted by atomic mass is 35.5. The predicted molar refractivity (Wildman–Crippen MR) is 89.7 cm³/mol. The lowest BCUT2D eigenvalue weighted by molar-refractivity contribution is -0.137. The Hall–Kier alpha value is -1.31. The Morgan fingerprint density at radius 2 is 2.12 bits per heavy atom. The third-order valence-corrected chi connectivity index (χ3v) is 4.74. The van der Waals surface area contributed by atoms with Crippen LogP contribution in [0.4, 0.5) is 13.2 Å². The van der Waals surface area contributed by atoms with Crippen LogP contribution in [0.25, 0.3) is 0 Å². The number of aliphatic hydroxyl groups excluding tert-OH is 1. The molecule has 1 saturated heterocycles. The molecular weight excluding hydrogens is 357 g/mol. The Morgan fingerprint density at radius 1 is 1.36 bits per heavy atom. The first-order chi connectivity index (χ1) is 11.8. The van der Waals surface area contributed by atoms with E-state index in [1.807, 2.05) is 0 Å². The van der Waals surface area contributed by atoms with Crippen LogP contribution >= 0.6 is 11.6 Å². The zero-order valence-electron chi connectivity index (χ0n) is 13.8. The number of carbonyl (C=O) groups excluding carboxylic acids is 1. The highest BCUT2D eigenvalue weighted by Crippen LogP contribution is 2.31. The van der Waals surface area contributed by atoms with Crippen molar-refractivity contribution in [3.63, 3.8) is 0 Å². The van der Waals surface area contributed by atoms with Gasteiger partial charge in [-0.1, -0.05) is 18.0 Å². The molecule has 1 aromatic carbocycles. The minimum Gasteiger partial charge on any atom is -0.395 e. The molecule has 1 fully saturated rings. The molecule has 0 unspecified atom stereocenters. The molecule has 0 radical (unpaired) electrons. The zero-order chi connectivity index (χ0) is 18.4. The van der Waals surface area contributed by atoms with Gasteiger partial charge in [0.1, 0.15) is 0 Å². The first-order valence-corrected chi connectivity index (χ1v) is 8.70. The van der Waals surface area contributed by atoms with Crippen LogP contribution in [-0.4, -0.2) is 48.2 Å². The van der Waals surface area contributed by atoms with E-state index in [-0.39, 0.29) is 23.2 Å². The van der Waals surface area contributed by atoms with E-state index in [1.165, 1.54) is 0 Å². The summed E-state index contributed by atoms with van der Waals surface area (Å²) in [6.07, 6.45) is -0.718. The summed E-state index contributed by atoms with van der Waals surface area (Å²) < 4.78 is 38.2. The average Bonchev–Trinajstić information content (AvgIpc) is 2.58. The van der Waals surface area contributed by atoms with Crippen molar-refractivity contribution < 1.29 is 23.1 Å². The number of piperidine rings is 1. The molecule has 1 heterocycles. The maximum atomic E-state index is 12.7. The summed E-state index contributed by atoms with van der Waals surface area (Å²) in [6, 6.07) is 2.86. The lowest BCUT2D eigenvalue weighted by Crippen LogP contribution is -2.43. The summed E-state index contributed by atoms with van der Waals surface area (Å²) in [4.78, 5) is 14.3. The quantitative estimate of drug-likeness (QED) is 0.747. The molecule has 0 spiro atoms. The summed E-state index contributed by atoms with van der Waals surface area (Å²) in [5.41, 5.74) is -1.08. The molecule has 0 aliphatic carbocycles. The van der Waals surface area contributed by atoms with Gasteiger partial charge in [0.25, 0.3) is 5.91 Å². The molecule has 8 heteroatoms. The molecule has 0 saturated carbocycles. The van der Waals surface area contributed by atoms with Crippen LogP contribution in [-0.2, 0) is 6.18 Å². The van der Waals surface area contributed by atoms with E-state index in [2.05, 4.69) is 10.2 Å². The number of hydrogen-bond donors (Lipinski definition) is 2. The van der Waals surface area contributed by atoms with Crippen molar-refractivity contribution in [1.82, 2.24) is 10.2 Å². The van der Waals surface area contributed by atoms with Gasteiger partial charge in [-0.2, -0.15) is 13.2 Å². The Morgan fingerprint density at radius 3 is 2.80 bits per heavy atom. The number of halogens is 4. The van der Waals surface area contributed by atoms with Crippen LogP contribution in [0, 0.1) is 0 Å². The summed E-state index contributed by atoms with van der Waals surface area (Å²) >= 11 is 5.85. The number of benzene rings is 1. The van der Waals surface area contributed by atoms with Gasteiger partial charge in [-0.05, 0) is 44.0 Å². The Bertz CT molecular complexity index is 596. The van der Waals surface area contributed by atoms with Crippen molar-refractivity contribution in [2.45, 2.75) is 37.9 Å². The van der Waals surface area contributed by atoms with E-state index >= 15 is 0 Å². The van der Waals surface area contributed by atoms with E-state index in [4.69, 9.17) is 11.6 Å². The second kappa shape index (κ2) is 8.87. The van der Waals surface area contributed by atoms with E-state index in [1.54, 1.807) is 0 Å². The molecule has 25 heavy (non-hydrogen) atoms. The second-order valence-corrected chi connectivity index (χ2v) is 6.58. The molecular formula is C17H22ClF3N2O2. The number of aliphatic hydroxyl groups is 1. The third kappa shape index (κ3) is 5.59. The highest BCUT2D eigenvalue weighted by molar-refractivity contribution is 6.33. The van der Waals surface area contributed by atoms with Gasteiger partial charge in [0.15, 0.2) is 0 Å². The minimum atomic E-state index is -4.52. The van der Waals surface area contributed by atoms with Gasteiger partial charge in [0.05, 0.1) is 22.8 Å². The number of carbonyl (C=O) groups is 1. The van der Waals surface area contributed by atoms with Crippen molar-refractivity contribution >= 4 is 17.5 Å². The summed E-state index contributed by atoms with van der Waals surface area (Å²) in [6.45, 7) is 2.09. The summed E-state index contributed by atoms with van der Waals surface area (Å²) in [5, 5.41) is 12.0. The molecule has 1 aromatic rings. The molecule has 1 aliphatic rings. The molecule has 0 bridgehead atoms. The number of hydrogen-bond acceptors (Lipinski definition) is 3. The van der Waals surface area contributed by atoms with Gasteiger partial charge in [0, 0.05) is 19.1 Å². The van der Waals surface area contributed by atoms with Crippen molar-refractivity contribution in [3.8, 4) is 0 Å². The third-order valence-electron chi connectivity index (χ3n) is 4.41. The van der Waals surface area contributed by atoms with E-state index in [0.717, 1.165) is 50.6 Å². The van der Waals surface area contributed by atoms with Gasteiger partial charge in [0.2, 0.25) is 0 Å². The molecule has 4 nitrogen and oxygen atoms in total. The zero-order valence-corrected chi connectivity index (χ0v) is 14.5. The highest BCUT2D eigenvalue weighted by Gasteiger charge is 2.31. The standard InChI is InChI=1S/C17H22ClF3N2O2/c18-15-6-5-12(17(19,20)21)10-14(15)16(25)22-7-3-9-23-8-2-1-4-13(23)11-24/h5-6,10,13,24H,1-4,7-9,11H2,(H,22,25)/t13-/m1/s1. The monoisotopic (exact) mass is 378 g/mol. The van der Waals surface area contributed by atoms with Crippen molar-refractivity contribution in [2.75, 3.05) is 26.2 Å². The Balaban J connectivity index is 1.86. The number of alkyl halides is 3. The van der Waals surface area contributed by atoms with Gasteiger partial charge >= 0.3 is 6.18 Å². The van der Waals surface area contributed by atoms with Gasteiger partial charge in [-0.15, -0.1) is 0 Å². The largest absolute Gasteiger partial charge is 0.416 e. The molecule has 0 aromatic heterocycles. The topological polar surface area (TPSA) is 52.6 Å². The molecule has 1 aliphatic heterocycles. The first kappa shape index (κ1) is 20.0. The van der Waals surface area contributed by atoms with Crippen LogP contribution in [0.3, 0.4) is 0 Å². The fourth-order valence-corrected chi connectivity index (χ4v) is 3.22. The second-order valence-electron chi connectivity index (χ2n) is 6.17. The maximum Gasteiger partial charge on any atom is 0.416 e. The van der Waals surface area contributed by atoms with Crippen molar-refractivity contribution in [2.24, 2.45) is 0 Å². The smallest absolute Gasteiger partial charge is 0.395 e. The molecule has 140 valence electrons. The predicted octanol–water partition coefficient (Wildman–Crippen LogP) is 3.33. The van der Waals surface area contributed by atoms with Crippen molar-refractivity contribution in [1.29, 1.82) is 0 Å². The number of rotatable bonds is 6. The average molecular weight is 379 g/mol. The van der Waals surface area contributed by atoms with Crippen LogP contribution in [0.15, 0.2) is 18.2 Å².